The molecule has 0 spiro atoms. The molecule has 2 rings (SSSR count). The van der Waals surface area contributed by atoms with E-state index in [0.717, 1.165) is 0 Å². The minimum absolute atomic E-state index is 0.0763. The molecule has 0 aromatic heterocycles. The smallest absolute Gasteiger partial charge is 0.387 e. The van der Waals surface area contributed by atoms with E-state index < -0.39 is 31.1 Å². The molecule has 0 aliphatic rings. The van der Waals surface area contributed by atoms with Gasteiger partial charge in [0.05, 0.1) is 17.2 Å². The molecule has 0 unspecified atom stereocenters. The number of benzene rings is 2. The molecule has 2 aromatic rings. The first-order valence-electron chi connectivity index (χ1n) is 8.57. The minimum Gasteiger partial charge on any atom is -0.459 e. The summed E-state index contributed by atoms with van der Waals surface area (Å²) in [6, 6.07) is 10.9. The second-order valence-electron chi connectivity index (χ2n) is 6.06. The molecule has 9 heteroatoms. The van der Waals surface area contributed by atoms with Crippen LogP contribution in [-0.2, 0) is 14.3 Å². The predicted octanol–water partition coefficient (Wildman–Crippen LogP) is 3.65. The molecule has 0 saturated carbocycles. The molecule has 7 nitrogen and oxygen atoms in total. The predicted molar refractivity (Wildman–Crippen MR) is 99.0 cm³/mol. The number of rotatable bonds is 8. The molecule has 0 bridgehead atoms. The number of anilines is 1. The number of ether oxygens (including phenoxy) is 3. The third kappa shape index (κ3) is 7.21. The maximum absolute atomic E-state index is 12.1. The Morgan fingerprint density at radius 1 is 0.897 bits per heavy atom. The zero-order valence-corrected chi connectivity index (χ0v) is 15.7. The van der Waals surface area contributed by atoms with Gasteiger partial charge in [-0.15, -0.1) is 0 Å². The van der Waals surface area contributed by atoms with E-state index in [1.165, 1.54) is 48.5 Å². The number of carbonyl (C=O) groups is 3. The fourth-order valence-corrected chi connectivity index (χ4v) is 2.16. The first-order valence-corrected chi connectivity index (χ1v) is 8.57. The van der Waals surface area contributed by atoms with Crippen molar-refractivity contribution in [3.05, 3.63) is 59.7 Å². The maximum atomic E-state index is 12.1. The van der Waals surface area contributed by atoms with E-state index in [1.807, 2.05) is 0 Å². The molecular weight excluding hydrogens is 388 g/mol. The molecule has 0 heterocycles. The van der Waals surface area contributed by atoms with Crippen molar-refractivity contribution in [3.63, 3.8) is 0 Å². The molecule has 0 fully saturated rings. The molecule has 0 aliphatic carbocycles. The number of alkyl halides is 2. The minimum atomic E-state index is -2.97. The van der Waals surface area contributed by atoms with Crippen molar-refractivity contribution in [2.24, 2.45) is 0 Å². The Morgan fingerprint density at radius 3 is 2.00 bits per heavy atom. The van der Waals surface area contributed by atoms with Crippen molar-refractivity contribution < 1.29 is 37.4 Å². The van der Waals surface area contributed by atoms with Crippen molar-refractivity contribution >= 4 is 23.5 Å². The highest BCUT2D eigenvalue weighted by Gasteiger charge is 2.13. The molecule has 0 aliphatic heterocycles. The summed E-state index contributed by atoms with van der Waals surface area (Å²) in [6.07, 6.45) is -0.246. The monoisotopic (exact) mass is 407 g/mol. The number of nitrogens with one attached hydrogen (secondary N) is 1. The standard InChI is InChI=1S/C20H19F2NO6/c1-12(2)28-19(26)14-3-7-15(8-4-14)23-17(24)11-27-18(25)13-5-9-16(10-6-13)29-20(21)22/h3-10,12,20H,11H2,1-2H3,(H,23,24). The number of hydrogen-bond donors (Lipinski definition) is 1. The summed E-state index contributed by atoms with van der Waals surface area (Å²) in [4.78, 5) is 35.6. The highest BCUT2D eigenvalue weighted by Crippen LogP contribution is 2.16. The lowest BCUT2D eigenvalue weighted by Crippen LogP contribution is -2.21. The van der Waals surface area contributed by atoms with Crippen molar-refractivity contribution in [2.75, 3.05) is 11.9 Å². The fraction of sp³-hybridized carbons (Fsp3) is 0.250. The fourth-order valence-electron chi connectivity index (χ4n) is 2.16. The molecule has 29 heavy (non-hydrogen) atoms. The average Bonchev–Trinajstić information content (AvgIpc) is 2.66. The van der Waals surface area contributed by atoms with Gasteiger partial charge < -0.3 is 19.5 Å². The topological polar surface area (TPSA) is 90.9 Å². The largest absolute Gasteiger partial charge is 0.459 e. The summed E-state index contributed by atoms with van der Waals surface area (Å²) in [5.41, 5.74) is 0.815. The molecule has 154 valence electrons. The zero-order valence-electron chi connectivity index (χ0n) is 15.7. The van der Waals surface area contributed by atoms with Crippen LogP contribution >= 0.6 is 0 Å². The molecule has 2 aromatic carbocycles. The third-order valence-electron chi connectivity index (χ3n) is 3.40. The number of amides is 1. The molecule has 0 radical (unpaired) electrons. The van der Waals surface area contributed by atoms with Crippen LogP contribution < -0.4 is 10.1 Å². The number of carbonyl (C=O) groups excluding carboxylic acids is 3. The summed E-state index contributed by atoms with van der Waals surface area (Å²) in [5, 5.41) is 2.51. The number of hydrogen-bond acceptors (Lipinski definition) is 6. The quantitative estimate of drug-likeness (QED) is 0.672. The van der Waals surface area contributed by atoms with Crippen LogP contribution in [0.2, 0.25) is 0 Å². The Balaban J connectivity index is 1.83. The van der Waals surface area contributed by atoms with Crippen LogP contribution in [0.5, 0.6) is 5.75 Å². The zero-order chi connectivity index (χ0) is 21.4. The summed E-state index contributed by atoms with van der Waals surface area (Å²) in [7, 11) is 0. The van der Waals surface area contributed by atoms with Crippen molar-refractivity contribution in [1.29, 1.82) is 0 Å². The van der Waals surface area contributed by atoms with Crippen LogP contribution in [0.4, 0.5) is 14.5 Å². The third-order valence-corrected chi connectivity index (χ3v) is 3.40. The molecular formula is C20H19F2NO6. The van der Waals surface area contributed by atoms with Gasteiger partial charge in [0.15, 0.2) is 6.61 Å². The lowest BCUT2D eigenvalue weighted by atomic mass is 10.2. The molecule has 1 N–H and O–H groups in total. The molecule has 0 saturated heterocycles. The van der Waals surface area contributed by atoms with E-state index in [-0.39, 0.29) is 17.4 Å². The first-order chi connectivity index (χ1) is 13.7. The maximum Gasteiger partial charge on any atom is 0.387 e. The van der Waals surface area contributed by atoms with Crippen LogP contribution in [0.3, 0.4) is 0 Å². The highest BCUT2D eigenvalue weighted by molar-refractivity contribution is 5.96. The molecule has 0 atom stereocenters. The summed E-state index contributed by atoms with van der Waals surface area (Å²) < 4.78 is 38.3. The lowest BCUT2D eigenvalue weighted by molar-refractivity contribution is -0.119. The van der Waals surface area contributed by atoms with E-state index in [0.29, 0.717) is 11.3 Å². The Hall–Kier alpha value is -3.49. The van der Waals surface area contributed by atoms with Crippen molar-refractivity contribution in [3.8, 4) is 5.75 Å². The van der Waals surface area contributed by atoms with Gasteiger partial charge in [0, 0.05) is 5.69 Å². The van der Waals surface area contributed by atoms with Crippen LogP contribution in [0, 0.1) is 0 Å². The Labute approximate surface area is 165 Å². The van der Waals surface area contributed by atoms with Gasteiger partial charge in [-0.05, 0) is 62.4 Å². The van der Waals surface area contributed by atoms with Gasteiger partial charge >= 0.3 is 18.6 Å². The number of esters is 2. The van der Waals surface area contributed by atoms with Gasteiger partial charge in [-0.2, -0.15) is 8.78 Å². The summed E-state index contributed by atoms with van der Waals surface area (Å²) >= 11 is 0. The highest BCUT2D eigenvalue weighted by atomic mass is 19.3. The van der Waals surface area contributed by atoms with E-state index in [2.05, 4.69) is 10.1 Å². The number of halogens is 2. The molecule has 1 amide bonds. The van der Waals surface area contributed by atoms with Crippen LogP contribution in [0.1, 0.15) is 34.6 Å². The van der Waals surface area contributed by atoms with Gasteiger partial charge in [0.1, 0.15) is 5.75 Å². The van der Waals surface area contributed by atoms with E-state index in [1.54, 1.807) is 13.8 Å². The van der Waals surface area contributed by atoms with Crippen LogP contribution in [0.15, 0.2) is 48.5 Å². The Kier molecular flexibility index (Phi) is 7.64. The van der Waals surface area contributed by atoms with Crippen molar-refractivity contribution in [1.82, 2.24) is 0 Å². The second kappa shape index (κ2) is 10.2. The van der Waals surface area contributed by atoms with Gasteiger partial charge in [-0.25, -0.2) is 9.59 Å². The van der Waals surface area contributed by atoms with E-state index >= 15 is 0 Å². The van der Waals surface area contributed by atoms with Gasteiger partial charge in [0.2, 0.25) is 0 Å². The summed E-state index contributed by atoms with van der Waals surface area (Å²) in [6.45, 7) is -0.0457. The first kappa shape index (κ1) is 21.8. The van der Waals surface area contributed by atoms with Gasteiger partial charge in [0.25, 0.3) is 5.91 Å². The van der Waals surface area contributed by atoms with Crippen LogP contribution in [-0.4, -0.2) is 37.2 Å². The average molecular weight is 407 g/mol. The van der Waals surface area contributed by atoms with Crippen LogP contribution in [0.25, 0.3) is 0 Å². The lowest BCUT2D eigenvalue weighted by Gasteiger charge is -2.09. The van der Waals surface area contributed by atoms with E-state index in [4.69, 9.17) is 9.47 Å². The Bertz CT molecular complexity index is 850. The van der Waals surface area contributed by atoms with E-state index in [9.17, 15) is 23.2 Å². The van der Waals surface area contributed by atoms with Gasteiger partial charge in [-0.3, -0.25) is 4.79 Å². The Morgan fingerprint density at radius 2 is 1.45 bits per heavy atom. The van der Waals surface area contributed by atoms with Gasteiger partial charge in [-0.1, -0.05) is 0 Å². The second-order valence-corrected chi connectivity index (χ2v) is 6.06. The SMILES string of the molecule is CC(C)OC(=O)c1ccc(NC(=O)COC(=O)c2ccc(OC(F)F)cc2)cc1. The van der Waals surface area contributed by atoms with Crippen molar-refractivity contribution in [2.45, 2.75) is 26.6 Å². The normalized spacial score (nSPS) is 10.6. The summed E-state index contributed by atoms with van der Waals surface area (Å²) in [5.74, 6) is -1.96.